The normalized spacial score (nSPS) is 11.8. The van der Waals surface area contributed by atoms with Crippen LogP contribution in [0.4, 0.5) is 0 Å². The lowest BCUT2D eigenvalue weighted by atomic mass is 10.1. The SMILES string of the molecule is CCCCCCCOC(CCCCC)=C(OCCCCCCC)OCOCc1ccccc1. The van der Waals surface area contributed by atoms with Crippen LogP contribution in [0, 0.1) is 0 Å². The average molecular weight is 463 g/mol. The Hall–Kier alpha value is -1.68. The van der Waals surface area contributed by atoms with Crippen molar-refractivity contribution >= 4 is 0 Å². The van der Waals surface area contributed by atoms with E-state index in [2.05, 4.69) is 32.9 Å². The van der Waals surface area contributed by atoms with Gasteiger partial charge in [0.1, 0.15) is 0 Å². The first-order valence-electron chi connectivity index (χ1n) is 13.5. The fourth-order valence-corrected chi connectivity index (χ4v) is 3.57. The van der Waals surface area contributed by atoms with Gasteiger partial charge in [0.25, 0.3) is 0 Å². The van der Waals surface area contributed by atoms with Crippen LogP contribution in [0.2, 0.25) is 0 Å². The number of allylic oxidation sites excluding steroid dienone is 1. The van der Waals surface area contributed by atoms with Crippen molar-refractivity contribution in [3.8, 4) is 0 Å². The van der Waals surface area contributed by atoms with Gasteiger partial charge in [0, 0.05) is 6.42 Å². The van der Waals surface area contributed by atoms with Gasteiger partial charge in [0.15, 0.2) is 12.6 Å². The van der Waals surface area contributed by atoms with Gasteiger partial charge in [-0.25, -0.2) is 0 Å². The fourth-order valence-electron chi connectivity index (χ4n) is 3.57. The zero-order valence-electron chi connectivity index (χ0n) is 21.7. The summed E-state index contributed by atoms with van der Waals surface area (Å²) in [5, 5.41) is 0. The van der Waals surface area contributed by atoms with Crippen LogP contribution >= 0.6 is 0 Å². The molecule has 0 spiro atoms. The molecular weight excluding hydrogens is 412 g/mol. The van der Waals surface area contributed by atoms with E-state index >= 15 is 0 Å². The van der Waals surface area contributed by atoms with Crippen LogP contribution in [0.3, 0.4) is 0 Å². The van der Waals surface area contributed by atoms with E-state index in [0.717, 1.165) is 43.6 Å². The van der Waals surface area contributed by atoms with Gasteiger partial charge < -0.3 is 18.9 Å². The van der Waals surface area contributed by atoms with Crippen molar-refractivity contribution in [2.75, 3.05) is 20.0 Å². The summed E-state index contributed by atoms with van der Waals surface area (Å²) in [4.78, 5) is 0. The van der Waals surface area contributed by atoms with Crippen LogP contribution in [0.5, 0.6) is 0 Å². The second kappa shape index (κ2) is 22.1. The minimum Gasteiger partial charge on any atom is -0.491 e. The van der Waals surface area contributed by atoms with Gasteiger partial charge in [-0.15, -0.1) is 0 Å². The van der Waals surface area contributed by atoms with Crippen LogP contribution in [-0.4, -0.2) is 20.0 Å². The summed E-state index contributed by atoms with van der Waals surface area (Å²) < 4.78 is 24.1. The average Bonchev–Trinajstić information content (AvgIpc) is 2.84. The Kier molecular flexibility index (Phi) is 19.7. The first kappa shape index (κ1) is 29.4. The smallest absolute Gasteiger partial charge is 0.321 e. The summed E-state index contributed by atoms with van der Waals surface area (Å²) in [6.07, 6.45) is 16.4. The molecule has 4 nitrogen and oxygen atoms in total. The van der Waals surface area contributed by atoms with Gasteiger partial charge in [-0.1, -0.05) is 115 Å². The molecule has 1 aromatic carbocycles. The van der Waals surface area contributed by atoms with Crippen molar-refractivity contribution in [3.05, 3.63) is 47.6 Å². The van der Waals surface area contributed by atoms with Crippen LogP contribution in [-0.2, 0) is 25.6 Å². The summed E-state index contributed by atoms with van der Waals surface area (Å²) in [5.74, 6) is 1.39. The van der Waals surface area contributed by atoms with E-state index in [9.17, 15) is 0 Å². The molecule has 1 rings (SSSR count). The number of hydrogen-bond donors (Lipinski definition) is 0. The Morgan fingerprint density at radius 1 is 0.606 bits per heavy atom. The van der Waals surface area contributed by atoms with Gasteiger partial charge in [-0.3, -0.25) is 0 Å². The second-order valence-corrected chi connectivity index (χ2v) is 8.79. The molecule has 0 fully saturated rings. The standard InChI is InChI=1S/C29H50O4/c1-4-7-10-12-18-23-31-28(22-15-9-6-3)29(32-24-19-13-11-8-5-2)33-26-30-25-27-20-16-14-17-21-27/h14,16-17,20-21H,4-13,15,18-19,22-26H2,1-3H3. The van der Waals surface area contributed by atoms with Gasteiger partial charge in [-0.2, -0.15) is 0 Å². The number of rotatable bonds is 23. The van der Waals surface area contributed by atoms with Crippen molar-refractivity contribution in [1.82, 2.24) is 0 Å². The highest BCUT2D eigenvalue weighted by Gasteiger charge is 2.13. The van der Waals surface area contributed by atoms with Crippen LogP contribution < -0.4 is 0 Å². The van der Waals surface area contributed by atoms with Crippen molar-refractivity contribution in [3.63, 3.8) is 0 Å². The number of unbranched alkanes of at least 4 members (excludes halogenated alkanes) is 10. The molecule has 1 aromatic rings. The van der Waals surface area contributed by atoms with E-state index in [0.29, 0.717) is 19.2 Å². The zero-order chi connectivity index (χ0) is 23.8. The minimum atomic E-state index is 0.164. The number of benzene rings is 1. The summed E-state index contributed by atoms with van der Waals surface area (Å²) in [5.41, 5.74) is 1.13. The molecule has 190 valence electrons. The molecule has 0 aliphatic heterocycles. The molecule has 0 aliphatic carbocycles. The molecule has 33 heavy (non-hydrogen) atoms. The van der Waals surface area contributed by atoms with Gasteiger partial charge in [0.05, 0.1) is 19.8 Å². The van der Waals surface area contributed by atoms with E-state index in [4.69, 9.17) is 18.9 Å². The largest absolute Gasteiger partial charge is 0.491 e. The second-order valence-electron chi connectivity index (χ2n) is 8.79. The van der Waals surface area contributed by atoms with E-state index in [1.807, 2.05) is 18.2 Å². The number of hydrogen-bond acceptors (Lipinski definition) is 4. The molecule has 0 aliphatic rings. The third-order valence-electron chi connectivity index (χ3n) is 5.63. The molecule has 0 saturated carbocycles. The highest BCUT2D eigenvalue weighted by atomic mass is 16.7. The van der Waals surface area contributed by atoms with Crippen LogP contribution in [0.15, 0.2) is 42.0 Å². The Labute approximate surface area is 204 Å². The molecule has 4 heteroatoms. The van der Waals surface area contributed by atoms with Crippen molar-refractivity contribution < 1.29 is 18.9 Å². The monoisotopic (exact) mass is 462 g/mol. The quantitative estimate of drug-likeness (QED) is 0.0924. The lowest BCUT2D eigenvalue weighted by Crippen LogP contribution is -2.10. The molecule has 0 bridgehead atoms. The maximum Gasteiger partial charge on any atom is 0.321 e. The third-order valence-corrected chi connectivity index (χ3v) is 5.63. The molecule has 0 unspecified atom stereocenters. The van der Waals surface area contributed by atoms with Crippen molar-refractivity contribution in [2.45, 2.75) is 117 Å². The molecule has 0 heterocycles. The van der Waals surface area contributed by atoms with E-state index < -0.39 is 0 Å². The summed E-state index contributed by atoms with van der Waals surface area (Å²) >= 11 is 0. The highest BCUT2D eigenvalue weighted by molar-refractivity contribution is 5.13. The van der Waals surface area contributed by atoms with Crippen molar-refractivity contribution in [1.29, 1.82) is 0 Å². The first-order chi connectivity index (χ1) is 16.3. The molecule has 0 N–H and O–H groups in total. The topological polar surface area (TPSA) is 36.9 Å². The Morgan fingerprint density at radius 2 is 1.18 bits per heavy atom. The van der Waals surface area contributed by atoms with Crippen LogP contribution in [0.25, 0.3) is 0 Å². The third kappa shape index (κ3) is 16.6. The molecule has 0 atom stereocenters. The van der Waals surface area contributed by atoms with E-state index in [1.165, 1.54) is 64.2 Å². The lowest BCUT2D eigenvalue weighted by molar-refractivity contribution is -0.0894. The molecule has 0 aromatic heterocycles. The first-order valence-corrected chi connectivity index (χ1v) is 13.5. The zero-order valence-corrected chi connectivity index (χ0v) is 21.7. The molecule has 0 amide bonds. The van der Waals surface area contributed by atoms with E-state index in [1.54, 1.807) is 0 Å². The van der Waals surface area contributed by atoms with Gasteiger partial charge in [-0.05, 0) is 24.8 Å². The van der Waals surface area contributed by atoms with Crippen LogP contribution in [0.1, 0.15) is 116 Å². The summed E-state index contributed by atoms with van der Waals surface area (Å²) in [7, 11) is 0. The molecular formula is C29H50O4. The lowest BCUT2D eigenvalue weighted by Gasteiger charge is -2.18. The number of ether oxygens (including phenoxy) is 4. The highest BCUT2D eigenvalue weighted by Crippen LogP contribution is 2.20. The van der Waals surface area contributed by atoms with E-state index in [-0.39, 0.29) is 6.79 Å². The summed E-state index contributed by atoms with van der Waals surface area (Å²) in [6, 6.07) is 10.2. The Bertz CT molecular complexity index is 570. The Morgan fingerprint density at radius 3 is 1.82 bits per heavy atom. The maximum absolute atomic E-state index is 6.22. The van der Waals surface area contributed by atoms with Crippen molar-refractivity contribution in [2.24, 2.45) is 0 Å². The Balaban J connectivity index is 2.64. The maximum atomic E-state index is 6.22. The van der Waals surface area contributed by atoms with Gasteiger partial charge >= 0.3 is 5.95 Å². The minimum absolute atomic E-state index is 0.164. The molecule has 0 saturated heterocycles. The predicted molar refractivity (Wildman–Crippen MR) is 138 cm³/mol. The summed E-state index contributed by atoms with van der Waals surface area (Å²) in [6.45, 7) is 8.78. The fraction of sp³-hybridized carbons (Fsp3) is 0.724. The molecule has 0 radical (unpaired) electrons. The van der Waals surface area contributed by atoms with Gasteiger partial charge in [0.2, 0.25) is 0 Å². The predicted octanol–water partition coefficient (Wildman–Crippen LogP) is 8.90.